The number of aliphatic imine (C=N–C) groups is 1. The maximum Gasteiger partial charge on any atom is 0.365 e. The van der Waals surface area contributed by atoms with Gasteiger partial charge in [0, 0.05) is 43.6 Å². The van der Waals surface area contributed by atoms with Crippen LogP contribution in [-0.4, -0.2) is 65.7 Å². The summed E-state index contributed by atoms with van der Waals surface area (Å²) >= 11 is 0. The lowest BCUT2D eigenvalue weighted by atomic mass is 10.0. The van der Waals surface area contributed by atoms with Crippen molar-refractivity contribution in [3.8, 4) is 34.9 Å². The van der Waals surface area contributed by atoms with E-state index in [1.807, 2.05) is 62.4 Å². The summed E-state index contributed by atoms with van der Waals surface area (Å²) in [5.74, 6) is 1.61. The third-order valence-corrected chi connectivity index (χ3v) is 9.00. The van der Waals surface area contributed by atoms with Crippen LogP contribution in [0.25, 0.3) is 0 Å². The van der Waals surface area contributed by atoms with E-state index in [1.165, 1.54) is 12.0 Å². The molecule has 0 spiro atoms. The lowest BCUT2D eigenvalue weighted by Gasteiger charge is -2.38. The molecule has 13 heteroatoms. The van der Waals surface area contributed by atoms with Crippen LogP contribution >= 0.6 is 0 Å². The predicted molar refractivity (Wildman–Crippen MR) is 206 cm³/mol. The zero-order valence-corrected chi connectivity index (χ0v) is 30.8. The minimum Gasteiger partial charge on any atom is -0.465 e. The van der Waals surface area contributed by atoms with Crippen molar-refractivity contribution in [2.75, 3.05) is 21.2 Å². The van der Waals surface area contributed by atoms with Crippen molar-refractivity contribution in [1.29, 1.82) is 5.41 Å². The highest BCUT2D eigenvalue weighted by atomic mass is 16.5. The van der Waals surface area contributed by atoms with Gasteiger partial charge in [-0.3, -0.25) is 10.2 Å². The number of amides is 1. The molecule has 1 aliphatic rings. The minimum absolute atomic E-state index is 0.0303. The molecule has 5 aromatic rings. The second-order valence-corrected chi connectivity index (χ2v) is 12.7. The summed E-state index contributed by atoms with van der Waals surface area (Å²) in [6.07, 6.45) is 0.849. The van der Waals surface area contributed by atoms with Crippen molar-refractivity contribution in [1.82, 2.24) is 19.4 Å². The number of amidine groups is 2. The van der Waals surface area contributed by atoms with Crippen LogP contribution in [0.15, 0.2) is 108 Å². The molecule has 276 valence electrons. The first-order valence-corrected chi connectivity index (χ1v) is 17.5. The Hall–Kier alpha value is -6.60. The normalized spacial score (nSPS) is 15.0. The Morgan fingerprint density at radius 2 is 1.52 bits per heavy atom. The summed E-state index contributed by atoms with van der Waals surface area (Å²) in [4.78, 5) is 42.9. The Bertz CT molecular complexity index is 2210. The largest absolute Gasteiger partial charge is 0.465 e. The molecule has 1 amide bonds. The van der Waals surface area contributed by atoms with Gasteiger partial charge in [0.2, 0.25) is 11.5 Å². The second kappa shape index (κ2) is 16.0. The molecule has 1 aromatic heterocycles. The molecule has 0 radical (unpaired) electrons. The number of hydrogen-bond donors (Lipinski definition) is 2. The van der Waals surface area contributed by atoms with Gasteiger partial charge in [0.05, 0.1) is 7.11 Å². The lowest BCUT2D eigenvalue weighted by molar-refractivity contribution is -0.145. The van der Waals surface area contributed by atoms with Crippen LogP contribution in [0.3, 0.4) is 0 Å². The number of nitrogens with one attached hydrogen (secondary N) is 1. The number of para-hydroxylation sites is 1. The molecule has 4 aromatic carbocycles. The first-order chi connectivity index (χ1) is 26.1. The molecule has 0 saturated heterocycles. The fraction of sp³-hybridized carbons (Fsp3) is 0.220. The summed E-state index contributed by atoms with van der Waals surface area (Å²) in [7, 11) is 4.71. The molecule has 2 heterocycles. The van der Waals surface area contributed by atoms with E-state index in [9.17, 15) is 9.59 Å². The molecule has 3 N–H and O–H groups in total. The van der Waals surface area contributed by atoms with Crippen LogP contribution in [0.2, 0.25) is 0 Å². The molecule has 6 rings (SSSR count). The van der Waals surface area contributed by atoms with Crippen LogP contribution in [0.4, 0.5) is 11.5 Å². The van der Waals surface area contributed by atoms with Gasteiger partial charge in [0.25, 0.3) is 17.6 Å². The number of nitrogens with zero attached hydrogens (tertiary/aromatic N) is 5. The number of quaternary nitrogens is 1. The third kappa shape index (κ3) is 7.48. The smallest absolute Gasteiger partial charge is 0.365 e. The van der Waals surface area contributed by atoms with Crippen LogP contribution in [0, 0.1) is 5.41 Å². The van der Waals surface area contributed by atoms with Crippen LogP contribution in [0.1, 0.15) is 48.2 Å². The van der Waals surface area contributed by atoms with Crippen LogP contribution in [0.5, 0.6) is 34.9 Å². The molecule has 0 aliphatic carbocycles. The maximum absolute atomic E-state index is 13.7. The molecule has 2 atom stereocenters. The van der Waals surface area contributed by atoms with Gasteiger partial charge < -0.3 is 29.6 Å². The molecular weight excluding hydrogens is 686 g/mol. The number of rotatable bonds is 14. The van der Waals surface area contributed by atoms with E-state index < -0.39 is 12.0 Å². The first kappa shape index (κ1) is 37.2. The van der Waals surface area contributed by atoms with Crippen molar-refractivity contribution in [2.45, 2.75) is 39.3 Å². The Morgan fingerprint density at radius 1 is 0.815 bits per heavy atom. The molecule has 0 bridgehead atoms. The zero-order chi connectivity index (χ0) is 38.4. The SMILES string of the molecule is CCC1=Nc2c(Oc3ccc(C(=N)N)cc3Oc3ccccc3)nc(Oc3cccc(C(=O)N(C)C)c3)nc2[N+]1(Cc1ccccc1)C(CC)C(=O)OC. The molecule has 1 aliphatic heterocycles. The number of hydrogen-bond acceptors (Lipinski definition) is 10. The van der Waals surface area contributed by atoms with Crippen LogP contribution in [-0.2, 0) is 16.1 Å². The number of benzene rings is 4. The number of aromatic nitrogens is 2. The van der Waals surface area contributed by atoms with E-state index in [1.54, 1.807) is 68.7 Å². The Balaban J connectivity index is 1.57. The average molecular weight is 729 g/mol. The van der Waals surface area contributed by atoms with E-state index >= 15 is 0 Å². The number of carbonyl (C=O) groups excluding carboxylic acids is 2. The first-order valence-electron chi connectivity index (χ1n) is 17.5. The van der Waals surface area contributed by atoms with Gasteiger partial charge in [0.1, 0.15) is 23.9 Å². The molecule has 13 nitrogen and oxygen atoms in total. The fourth-order valence-electron chi connectivity index (χ4n) is 6.48. The van der Waals surface area contributed by atoms with E-state index in [0.717, 1.165) is 5.56 Å². The summed E-state index contributed by atoms with van der Waals surface area (Å²) in [6, 6.07) is 29.6. The van der Waals surface area contributed by atoms with Crippen molar-refractivity contribution in [3.05, 3.63) is 120 Å². The summed E-state index contributed by atoms with van der Waals surface area (Å²) < 4.78 is 24.5. The Labute approximate surface area is 313 Å². The van der Waals surface area contributed by atoms with E-state index in [4.69, 9.17) is 45.1 Å². The van der Waals surface area contributed by atoms with Gasteiger partial charge in [-0.2, -0.15) is 9.98 Å². The fourth-order valence-corrected chi connectivity index (χ4v) is 6.48. The van der Waals surface area contributed by atoms with Gasteiger partial charge in [-0.1, -0.05) is 68.4 Å². The van der Waals surface area contributed by atoms with Gasteiger partial charge in [-0.15, -0.1) is 4.98 Å². The number of ether oxygens (including phenoxy) is 4. The minimum atomic E-state index is -0.751. The monoisotopic (exact) mass is 728 g/mol. The molecular formula is C41H42N7O6+. The molecule has 54 heavy (non-hydrogen) atoms. The van der Waals surface area contributed by atoms with Crippen molar-refractivity contribution in [2.24, 2.45) is 10.7 Å². The summed E-state index contributed by atoms with van der Waals surface area (Å²) in [6.45, 7) is 4.20. The highest BCUT2D eigenvalue weighted by Crippen LogP contribution is 2.51. The van der Waals surface area contributed by atoms with Gasteiger partial charge in [0.15, 0.2) is 17.5 Å². The summed E-state index contributed by atoms with van der Waals surface area (Å²) in [5.41, 5.74) is 7.93. The van der Waals surface area contributed by atoms with Crippen LogP contribution < -0.4 is 24.4 Å². The third-order valence-electron chi connectivity index (χ3n) is 9.00. The number of fused-ring (bicyclic) bond motifs is 1. The summed E-state index contributed by atoms with van der Waals surface area (Å²) in [5, 5.41) is 8.05. The number of esters is 1. The van der Waals surface area contributed by atoms with E-state index in [-0.39, 0.29) is 39.6 Å². The zero-order valence-electron chi connectivity index (χ0n) is 30.8. The van der Waals surface area contributed by atoms with Crippen molar-refractivity contribution in [3.63, 3.8) is 0 Å². The quantitative estimate of drug-likeness (QED) is 0.0504. The van der Waals surface area contributed by atoms with Gasteiger partial charge >= 0.3 is 12.0 Å². The Kier molecular flexibility index (Phi) is 11.0. The topological polar surface area (TPSA) is 162 Å². The highest BCUT2D eigenvalue weighted by molar-refractivity contribution is 6.05. The number of carbonyl (C=O) groups is 2. The predicted octanol–water partition coefficient (Wildman–Crippen LogP) is 7.75. The number of nitrogen functional groups attached to an aromatic ring is 1. The van der Waals surface area contributed by atoms with Gasteiger partial charge in [-0.25, -0.2) is 9.28 Å². The van der Waals surface area contributed by atoms with E-state index in [2.05, 4.69) is 0 Å². The molecule has 0 saturated carbocycles. The standard InChI is InChI=1S/C41H42N7O6/c1-6-31(40(50)51-5)48(25-26-15-10-8-11-16-26)34(7-2)44-35-37(48)45-41(53-30-20-14-17-28(23-30)39(49)47(3)4)46-38(35)54-32-22-21-27(36(42)43)24-33(32)52-29-18-12-9-13-19-29/h8-24,31H,6-7,25H2,1-5H3,(H3,42,43)/q+1. The molecule has 2 unspecified atom stereocenters. The second-order valence-electron chi connectivity index (χ2n) is 12.7. The lowest BCUT2D eigenvalue weighted by Crippen LogP contribution is -2.62. The average Bonchev–Trinajstić information content (AvgIpc) is 3.49. The highest BCUT2D eigenvalue weighted by Gasteiger charge is 2.55. The number of methoxy groups -OCH3 is 1. The Morgan fingerprint density at radius 3 is 2.17 bits per heavy atom. The van der Waals surface area contributed by atoms with Gasteiger partial charge in [-0.05, 0) is 48.5 Å². The molecule has 0 fully saturated rings. The van der Waals surface area contributed by atoms with E-state index in [0.29, 0.717) is 59.4 Å². The number of nitrogens with two attached hydrogens (primary N) is 1. The van der Waals surface area contributed by atoms with Crippen molar-refractivity contribution < 1.29 is 28.5 Å². The maximum atomic E-state index is 13.7. The van der Waals surface area contributed by atoms with Crippen molar-refractivity contribution >= 4 is 35.1 Å².